The maximum Gasteiger partial charge on any atom is 0.238 e. The number of fused-ring (bicyclic) bond motifs is 12. The van der Waals surface area contributed by atoms with Crippen molar-refractivity contribution in [1.82, 2.24) is 28.7 Å². The van der Waals surface area contributed by atoms with Crippen LogP contribution in [0.4, 0.5) is 0 Å². The molecule has 4 heterocycles. The van der Waals surface area contributed by atoms with Crippen LogP contribution in [-0.4, -0.2) is 28.7 Å². The molecule has 0 N–H and O–H groups in total. The number of hydrogen-bond donors (Lipinski definition) is 0. The topological polar surface area (TPSA) is 53.5 Å². The highest BCUT2D eigenvalue weighted by Gasteiger charge is 2.24. The minimum absolute atomic E-state index is 0.566. The molecule has 4 aromatic heterocycles. The average Bonchev–Trinajstić information content (AvgIpc) is 4.01. The van der Waals surface area contributed by atoms with E-state index >= 15 is 0 Å². The molecular weight excluding hydrogens is 805 g/mol. The Kier molecular flexibility index (Phi) is 7.80. The predicted octanol–water partition coefficient (Wildman–Crippen LogP) is 15.1. The first-order chi connectivity index (χ1) is 32.7. The number of aryl methyl sites for hydroxylation is 1. The van der Waals surface area contributed by atoms with Crippen molar-refractivity contribution in [3.05, 3.63) is 218 Å². The van der Waals surface area contributed by atoms with E-state index in [4.69, 9.17) is 15.0 Å². The van der Waals surface area contributed by atoms with Gasteiger partial charge in [0.15, 0.2) is 11.6 Å². The maximum atomic E-state index is 5.39. The summed E-state index contributed by atoms with van der Waals surface area (Å²) in [5, 5.41) is 11.6. The molecule has 0 saturated carbocycles. The van der Waals surface area contributed by atoms with Gasteiger partial charge in [-0.15, -0.1) is 0 Å². The van der Waals surface area contributed by atoms with E-state index in [0.717, 1.165) is 65.7 Å². The maximum absolute atomic E-state index is 5.39. The van der Waals surface area contributed by atoms with Crippen LogP contribution in [0.15, 0.2) is 212 Å². The summed E-state index contributed by atoms with van der Waals surface area (Å²) in [4.78, 5) is 16.1. The van der Waals surface area contributed by atoms with E-state index in [-0.39, 0.29) is 0 Å². The summed E-state index contributed by atoms with van der Waals surface area (Å²) in [6, 6.07) is 76.0. The van der Waals surface area contributed by atoms with Gasteiger partial charge in [0.1, 0.15) is 0 Å². The Balaban J connectivity index is 1.06. The molecule has 0 saturated heterocycles. The Hall–Kier alpha value is -8.87. The quantitative estimate of drug-likeness (QED) is 0.173. The largest absolute Gasteiger partial charge is 0.307 e. The minimum Gasteiger partial charge on any atom is -0.307 e. The standard InChI is InChI=1S/C60H38N6/c1-37-16-2-10-28-51(37)65-53-30-12-8-24-44(53)47-34-33-46-43-23-7-11-29-52(43)64(56(46)57(47)65)40-32-35-55-50(36-40)45-25-9-13-31-54(45)66(55)60-62-58(48-26-14-19-38-17-3-5-21-41(38)48)61-59(63-60)49-27-15-20-39-18-4-6-22-42(39)49/h2-36H,1H3. The van der Waals surface area contributed by atoms with Crippen LogP contribution in [0.3, 0.4) is 0 Å². The van der Waals surface area contributed by atoms with Crippen molar-refractivity contribution in [2.24, 2.45) is 0 Å². The third-order valence-corrected chi connectivity index (χ3v) is 13.6. The summed E-state index contributed by atoms with van der Waals surface area (Å²) < 4.78 is 7.18. The number of nitrogens with zero attached hydrogens (tertiary/aromatic N) is 6. The number of para-hydroxylation sites is 4. The molecule has 308 valence electrons. The summed E-state index contributed by atoms with van der Waals surface area (Å²) in [6.07, 6.45) is 0. The van der Waals surface area contributed by atoms with E-state index < -0.39 is 0 Å². The third-order valence-electron chi connectivity index (χ3n) is 13.6. The zero-order valence-corrected chi connectivity index (χ0v) is 35.9. The predicted molar refractivity (Wildman–Crippen MR) is 273 cm³/mol. The second-order valence-electron chi connectivity index (χ2n) is 17.2. The molecule has 0 amide bonds. The molecular formula is C60H38N6. The van der Waals surface area contributed by atoms with Gasteiger partial charge in [0.2, 0.25) is 5.95 Å². The molecule has 10 aromatic carbocycles. The Bertz CT molecular complexity index is 4210. The lowest BCUT2D eigenvalue weighted by Gasteiger charge is -2.15. The average molecular weight is 843 g/mol. The molecule has 0 radical (unpaired) electrons. The van der Waals surface area contributed by atoms with Gasteiger partial charge >= 0.3 is 0 Å². The molecule has 0 fully saturated rings. The van der Waals surface area contributed by atoms with Gasteiger partial charge in [-0.25, -0.2) is 4.98 Å². The fourth-order valence-electron chi connectivity index (χ4n) is 10.7. The summed E-state index contributed by atoms with van der Waals surface area (Å²) in [6.45, 7) is 2.21. The lowest BCUT2D eigenvalue weighted by molar-refractivity contribution is 0.955. The van der Waals surface area contributed by atoms with Crippen LogP contribution in [0.2, 0.25) is 0 Å². The highest BCUT2D eigenvalue weighted by atomic mass is 15.2. The monoisotopic (exact) mass is 842 g/mol. The van der Waals surface area contributed by atoms with Gasteiger partial charge in [0, 0.05) is 54.8 Å². The van der Waals surface area contributed by atoms with Gasteiger partial charge in [0.25, 0.3) is 0 Å². The lowest BCUT2D eigenvalue weighted by Crippen LogP contribution is -2.07. The van der Waals surface area contributed by atoms with E-state index in [1.165, 1.54) is 49.3 Å². The second kappa shape index (κ2) is 14.1. The molecule has 0 unspecified atom stereocenters. The van der Waals surface area contributed by atoms with E-state index in [0.29, 0.717) is 17.6 Å². The number of hydrogen-bond acceptors (Lipinski definition) is 3. The molecule has 0 bridgehead atoms. The van der Waals surface area contributed by atoms with Gasteiger partial charge < -0.3 is 9.13 Å². The minimum atomic E-state index is 0.566. The van der Waals surface area contributed by atoms with E-state index in [1.54, 1.807) is 0 Å². The Morgan fingerprint density at radius 2 is 0.773 bits per heavy atom. The molecule has 0 aliphatic heterocycles. The van der Waals surface area contributed by atoms with Crippen molar-refractivity contribution in [3.63, 3.8) is 0 Å². The second-order valence-corrected chi connectivity index (χ2v) is 17.2. The normalized spacial score (nSPS) is 12.0. The molecule has 0 aliphatic carbocycles. The van der Waals surface area contributed by atoms with Crippen molar-refractivity contribution >= 4 is 87.0 Å². The van der Waals surface area contributed by atoms with Crippen molar-refractivity contribution in [3.8, 4) is 40.1 Å². The van der Waals surface area contributed by atoms with Gasteiger partial charge in [-0.1, -0.05) is 170 Å². The van der Waals surface area contributed by atoms with Gasteiger partial charge in [-0.05, 0) is 76.5 Å². The van der Waals surface area contributed by atoms with Gasteiger partial charge in [-0.3, -0.25) is 4.57 Å². The Morgan fingerprint density at radius 1 is 0.318 bits per heavy atom. The lowest BCUT2D eigenvalue weighted by atomic mass is 10.0. The molecule has 0 spiro atoms. The molecule has 6 nitrogen and oxygen atoms in total. The van der Waals surface area contributed by atoms with Crippen LogP contribution < -0.4 is 0 Å². The number of aromatic nitrogens is 6. The van der Waals surface area contributed by atoms with Crippen molar-refractivity contribution in [1.29, 1.82) is 0 Å². The van der Waals surface area contributed by atoms with Crippen LogP contribution in [0, 0.1) is 6.92 Å². The van der Waals surface area contributed by atoms with Crippen LogP contribution >= 0.6 is 0 Å². The molecule has 6 heteroatoms. The van der Waals surface area contributed by atoms with Crippen molar-refractivity contribution < 1.29 is 0 Å². The number of benzene rings is 10. The molecule has 0 atom stereocenters. The summed E-state index contributed by atoms with van der Waals surface area (Å²) in [5.74, 6) is 1.82. The zero-order chi connectivity index (χ0) is 43.5. The molecule has 14 rings (SSSR count). The first-order valence-corrected chi connectivity index (χ1v) is 22.5. The molecule has 0 aliphatic rings. The van der Waals surface area contributed by atoms with Gasteiger partial charge in [0.05, 0.1) is 33.1 Å². The summed E-state index contributed by atoms with van der Waals surface area (Å²) in [5.41, 5.74) is 12.1. The van der Waals surface area contributed by atoms with Crippen molar-refractivity contribution in [2.45, 2.75) is 6.92 Å². The summed E-state index contributed by atoms with van der Waals surface area (Å²) >= 11 is 0. The van der Waals surface area contributed by atoms with Gasteiger partial charge in [-0.2, -0.15) is 9.97 Å². The van der Waals surface area contributed by atoms with Crippen LogP contribution in [0.25, 0.3) is 127 Å². The molecule has 14 aromatic rings. The fourth-order valence-corrected chi connectivity index (χ4v) is 10.7. The first-order valence-electron chi connectivity index (χ1n) is 22.5. The Labute approximate surface area is 378 Å². The SMILES string of the molecule is Cc1ccccc1-n1c2ccccc2c2ccc3c4ccccc4n(-c4ccc5c(c4)c4ccccc4n5-c4nc(-c5cccc6ccccc56)nc(-c5cccc6ccccc56)n4)c3c21. The fraction of sp³-hybridized carbons (Fsp3) is 0.0167. The molecule has 66 heavy (non-hydrogen) atoms. The highest BCUT2D eigenvalue weighted by Crippen LogP contribution is 2.43. The first kappa shape index (κ1) is 36.6. The smallest absolute Gasteiger partial charge is 0.238 e. The van der Waals surface area contributed by atoms with Crippen molar-refractivity contribution in [2.75, 3.05) is 0 Å². The van der Waals surface area contributed by atoms with Crippen LogP contribution in [0.5, 0.6) is 0 Å². The van der Waals surface area contributed by atoms with E-state index in [9.17, 15) is 0 Å². The summed E-state index contributed by atoms with van der Waals surface area (Å²) in [7, 11) is 0. The van der Waals surface area contributed by atoms with Crippen LogP contribution in [-0.2, 0) is 0 Å². The van der Waals surface area contributed by atoms with E-state index in [2.05, 4.69) is 233 Å². The Morgan fingerprint density at radius 3 is 1.38 bits per heavy atom. The van der Waals surface area contributed by atoms with E-state index in [1.807, 2.05) is 0 Å². The number of rotatable bonds is 5. The third kappa shape index (κ3) is 5.27. The van der Waals surface area contributed by atoms with Crippen LogP contribution in [0.1, 0.15) is 5.56 Å². The highest BCUT2D eigenvalue weighted by molar-refractivity contribution is 6.24. The zero-order valence-electron chi connectivity index (χ0n) is 35.9.